The maximum atomic E-state index is 11.7. The van der Waals surface area contributed by atoms with Crippen molar-refractivity contribution in [2.75, 3.05) is 18.7 Å². The van der Waals surface area contributed by atoms with Crippen LogP contribution in [0.3, 0.4) is 0 Å². The van der Waals surface area contributed by atoms with Crippen molar-refractivity contribution < 1.29 is 17.9 Å². The van der Waals surface area contributed by atoms with E-state index in [9.17, 15) is 13.7 Å². The van der Waals surface area contributed by atoms with Crippen LogP contribution < -0.4 is 9.47 Å². The van der Waals surface area contributed by atoms with E-state index in [2.05, 4.69) is 16.0 Å². The Morgan fingerprint density at radius 2 is 1.88 bits per heavy atom. The molecule has 0 atom stereocenters. The number of para-hydroxylation sites is 1. The highest BCUT2D eigenvalue weighted by atomic mass is 35.5. The zero-order valence-corrected chi connectivity index (χ0v) is 21.2. The van der Waals surface area contributed by atoms with Gasteiger partial charge in [0.15, 0.2) is 5.75 Å². The molecule has 3 aromatic rings. The van der Waals surface area contributed by atoms with Crippen LogP contribution in [-0.2, 0) is 21.9 Å². The van der Waals surface area contributed by atoms with E-state index in [-0.39, 0.29) is 24.3 Å². The lowest BCUT2D eigenvalue weighted by atomic mass is 9.77. The Morgan fingerprint density at radius 3 is 2.56 bits per heavy atom. The summed E-state index contributed by atoms with van der Waals surface area (Å²) in [7, 11) is -3.53. The van der Waals surface area contributed by atoms with Crippen LogP contribution in [0.5, 0.6) is 11.5 Å². The number of benzene rings is 2. The Balaban J connectivity index is 1.94. The molecule has 10 heteroatoms. The molecule has 0 N–H and O–H groups in total. The first-order chi connectivity index (χ1) is 16.1. The van der Waals surface area contributed by atoms with Gasteiger partial charge in [-0.1, -0.05) is 43.6 Å². The molecule has 7 nitrogen and oxygen atoms in total. The highest BCUT2D eigenvalue weighted by Crippen LogP contribution is 2.41. The molecule has 0 aliphatic heterocycles. The van der Waals surface area contributed by atoms with Crippen LogP contribution >= 0.6 is 23.2 Å². The minimum atomic E-state index is -3.53. The van der Waals surface area contributed by atoms with Crippen molar-refractivity contribution in [3.63, 3.8) is 0 Å². The fourth-order valence-electron chi connectivity index (χ4n) is 3.38. The summed E-state index contributed by atoms with van der Waals surface area (Å²) in [5, 5.41) is 9.71. The molecule has 2 aromatic carbocycles. The second-order valence-electron chi connectivity index (χ2n) is 8.00. The van der Waals surface area contributed by atoms with Gasteiger partial charge in [-0.2, -0.15) is 5.26 Å². The van der Waals surface area contributed by atoms with Crippen LogP contribution in [0.2, 0.25) is 5.02 Å². The van der Waals surface area contributed by atoms with Crippen LogP contribution in [0, 0.1) is 11.3 Å². The number of ether oxygens (including phenoxy) is 2. The van der Waals surface area contributed by atoms with E-state index in [0.717, 1.165) is 17.4 Å². The minimum Gasteiger partial charge on any atom is -0.489 e. The van der Waals surface area contributed by atoms with Gasteiger partial charge in [-0.25, -0.2) is 18.4 Å². The number of sulfone groups is 1. The predicted octanol–water partition coefficient (Wildman–Crippen LogP) is 4.93. The Labute approximate surface area is 209 Å². The standard InChI is InChI=1S/C24H23Cl2N3O4S/c1-24(2,17-12-16(14-27)22(20(26)13-17)32-11-9-25)19-6-4-5-7-21(19)33-15-18-8-10-28-23(29-18)34(3,30)31/h4-8,10,12-13H,9,11,15H2,1-3H3. The van der Waals surface area contributed by atoms with Gasteiger partial charge in [-0.05, 0) is 29.8 Å². The number of hydrogen-bond acceptors (Lipinski definition) is 7. The number of halogens is 2. The van der Waals surface area contributed by atoms with Crippen molar-refractivity contribution in [1.82, 2.24) is 9.97 Å². The van der Waals surface area contributed by atoms with E-state index in [0.29, 0.717) is 27.8 Å². The van der Waals surface area contributed by atoms with Gasteiger partial charge in [0.05, 0.1) is 22.2 Å². The van der Waals surface area contributed by atoms with Gasteiger partial charge in [0.25, 0.3) is 0 Å². The molecule has 3 rings (SSSR count). The van der Waals surface area contributed by atoms with Crippen molar-refractivity contribution in [3.8, 4) is 17.6 Å². The summed E-state index contributed by atoms with van der Waals surface area (Å²) in [5.74, 6) is 1.17. The number of rotatable bonds is 9. The molecule has 0 amide bonds. The first-order valence-corrected chi connectivity index (χ1v) is 13.1. The third-order valence-electron chi connectivity index (χ3n) is 5.17. The van der Waals surface area contributed by atoms with Crippen LogP contribution in [0.25, 0.3) is 0 Å². The smallest absolute Gasteiger partial charge is 0.247 e. The molecule has 0 radical (unpaired) electrons. The Morgan fingerprint density at radius 1 is 1.15 bits per heavy atom. The molecule has 0 saturated carbocycles. The third kappa shape index (κ3) is 5.79. The zero-order valence-electron chi connectivity index (χ0n) is 18.9. The summed E-state index contributed by atoms with van der Waals surface area (Å²) >= 11 is 12.2. The van der Waals surface area contributed by atoms with Crippen molar-refractivity contribution in [2.45, 2.75) is 31.0 Å². The lowest BCUT2D eigenvalue weighted by Crippen LogP contribution is -2.21. The average Bonchev–Trinajstić information content (AvgIpc) is 2.81. The molecule has 0 saturated heterocycles. The fourth-order valence-corrected chi connectivity index (χ4v) is 4.26. The summed E-state index contributed by atoms with van der Waals surface area (Å²) in [5.41, 5.74) is 1.79. The van der Waals surface area contributed by atoms with Crippen molar-refractivity contribution >= 4 is 33.0 Å². The first kappa shape index (κ1) is 25.8. The average molecular weight is 520 g/mol. The quantitative estimate of drug-likeness (QED) is 0.291. The zero-order chi connectivity index (χ0) is 24.9. The van der Waals surface area contributed by atoms with Gasteiger partial charge >= 0.3 is 0 Å². The molecule has 0 spiro atoms. The summed E-state index contributed by atoms with van der Waals surface area (Å²) in [6.07, 6.45) is 2.44. The summed E-state index contributed by atoms with van der Waals surface area (Å²) < 4.78 is 35.1. The number of nitrogens with zero attached hydrogens (tertiary/aromatic N) is 3. The first-order valence-electron chi connectivity index (χ1n) is 10.2. The van der Waals surface area contributed by atoms with Gasteiger partial charge < -0.3 is 9.47 Å². The maximum Gasteiger partial charge on any atom is 0.247 e. The van der Waals surface area contributed by atoms with Crippen molar-refractivity contribution in [3.05, 3.63) is 76.1 Å². The van der Waals surface area contributed by atoms with E-state index in [1.807, 2.05) is 38.1 Å². The van der Waals surface area contributed by atoms with Gasteiger partial charge in [-0.15, -0.1) is 11.6 Å². The van der Waals surface area contributed by atoms with Gasteiger partial charge in [0.1, 0.15) is 25.0 Å². The number of hydrogen-bond donors (Lipinski definition) is 0. The van der Waals surface area contributed by atoms with E-state index in [1.54, 1.807) is 18.2 Å². The van der Waals surface area contributed by atoms with Crippen LogP contribution in [0.15, 0.2) is 53.8 Å². The minimum absolute atomic E-state index is 0.0491. The van der Waals surface area contributed by atoms with Gasteiger partial charge in [-0.3, -0.25) is 0 Å². The Bertz CT molecular complexity index is 1340. The van der Waals surface area contributed by atoms with E-state index < -0.39 is 15.3 Å². The van der Waals surface area contributed by atoms with Crippen molar-refractivity contribution in [2.24, 2.45) is 0 Å². The van der Waals surface area contributed by atoms with Crippen LogP contribution in [0.4, 0.5) is 0 Å². The van der Waals surface area contributed by atoms with E-state index >= 15 is 0 Å². The molecule has 0 aliphatic rings. The largest absolute Gasteiger partial charge is 0.489 e. The Hall–Kier alpha value is -2.86. The van der Waals surface area contributed by atoms with Gasteiger partial charge in [0, 0.05) is 23.4 Å². The van der Waals surface area contributed by atoms with Gasteiger partial charge in [0.2, 0.25) is 15.0 Å². The lowest BCUT2D eigenvalue weighted by Gasteiger charge is -2.29. The second kappa shape index (κ2) is 10.6. The number of nitriles is 1. The fraction of sp³-hybridized carbons (Fsp3) is 0.292. The molecular formula is C24H23Cl2N3O4S. The maximum absolute atomic E-state index is 11.7. The third-order valence-corrected chi connectivity index (χ3v) is 6.46. The molecule has 1 aromatic heterocycles. The summed E-state index contributed by atoms with van der Waals surface area (Å²) in [6, 6.07) is 14.7. The normalized spacial score (nSPS) is 11.6. The molecule has 34 heavy (non-hydrogen) atoms. The molecule has 0 fully saturated rings. The van der Waals surface area contributed by atoms with Crippen LogP contribution in [0.1, 0.15) is 36.2 Å². The highest BCUT2D eigenvalue weighted by molar-refractivity contribution is 7.90. The summed E-state index contributed by atoms with van der Waals surface area (Å²) in [6.45, 7) is 4.27. The lowest BCUT2D eigenvalue weighted by molar-refractivity contribution is 0.292. The summed E-state index contributed by atoms with van der Waals surface area (Å²) in [4.78, 5) is 7.88. The van der Waals surface area contributed by atoms with Crippen molar-refractivity contribution in [1.29, 1.82) is 5.26 Å². The van der Waals surface area contributed by atoms with Crippen LogP contribution in [-0.4, -0.2) is 37.1 Å². The Kier molecular flexibility index (Phi) is 8.03. The molecule has 0 bridgehead atoms. The van der Waals surface area contributed by atoms with E-state index in [1.165, 1.54) is 6.20 Å². The topological polar surface area (TPSA) is 102 Å². The highest BCUT2D eigenvalue weighted by Gasteiger charge is 2.29. The molecule has 0 aliphatic carbocycles. The molecule has 0 unspecified atom stereocenters. The monoisotopic (exact) mass is 519 g/mol. The molecule has 178 valence electrons. The number of aromatic nitrogens is 2. The second-order valence-corrected chi connectivity index (χ2v) is 10.7. The number of alkyl halides is 1. The predicted molar refractivity (Wildman–Crippen MR) is 130 cm³/mol. The van der Waals surface area contributed by atoms with E-state index in [4.69, 9.17) is 32.7 Å². The SMILES string of the molecule is CC(C)(c1cc(Cl)c(OCCCl)c(C#N)c1)c1ccccc1OCc1ccnc(S(C)(=O)=O)n1. The molecular weight excluding hydrogens is 497 g/mol. The molecule has 1 heterocycles.